The second-order valence-corrected chi connectivity index (χ2v) is 9.40. The molecule has 3 rings (SSSR count). The number of likely N-dealkylation sites (tertiary alicyclic amines) is 1. The minimum Gasteiger partial charge on any atom is -0.384 e. The molecule has 1 atom stereocenters. The van der Waals surface area contributed by atoms with Gasteiger partial charge in [-0.25, -0.2) is 8.42 Å². The molecule has 1 fully saturated rings. The van der Waals surface area contributed by atoms with Crippen LogP contribution in [-0.4, -0.2) is 44.2 Å². The van der Waals surface area contributed by atoms with Gasteiger partial charge in [-0.2, -0.15) is 4.72 Å². The molecule has 2 aromatic rings. The van der Waals surface area contributed by atoms with Crippen molar-refractivity contribution in [3.05, 3.63) is 65.2 Å². The number of nitrogen functional groups attached to an aromatic ring is 1. The minimum absolute atomic E-state index is 0.0393. The first-order valence-electron chi connectivity index (χ1n) is 10.1. The van der Waals surface area contributed by atoms with Gasteiger partial charge in [-0.1, -0.05) is 42.0 Å². The summed E-state index contributed by atoms with van der Waals surface area (Å²) in [6.07, 6.45) is 3.15. The number of amidine groups is 1. The molecule has 7 nitrogen and oxygen atoms in total. The van der Waals surface area contributed by atoms with Crippen molar-refractivity contribution in [3.8, 4) is 0 Å². The Morgan fingerprint density at radius 3 is 2.23 bits per heavy atom. The van der Waals surface area contributed by atoms with Crippen molar-refractivity contribution in [2.24, 2.45) is 5.73 Å². The Morgan fingerprint density at radius 1 is 1.07 bits per heavy atom. The molecular weight excluding hydrogens is 400 g/mol. The van der Waals surface area contributed by atoms with E-state index in [4.69, 9.17) is 11.1 Å². The molecule has 1 heterocycles. The van der Waals surface area contributed by atoms with Crippen LogP contribution in [0, 0.1) is 12.3 Å². The zero-order valence-electron chi connectivity index (χ0n) is 17.1. The number of nitrogens with one attached hydrogen (secondary N) is 2. The first-order chi connectivity index (χ1) is 14.3. The number of nitrogens with zero attached hydrogens (tertiary/aromatic N) is 1. The molecule has 1 aliphatic heterocycles. The van der Waals surface area contributed by atoms with Gasteiger partial charge in [0.1, 0.15) is 11.9 Å². The van der Waals surface area contributed by atoms with Gasteiger partial charge in [-0.05, 0) is 50.3 Å². The smallest absolute Gasteiger partial charge is 0.241 e. The first-order valence-corrected chi connectivity index (χ1v) is 11.6. The van der Waals surface area contributed by atoms with Gasteiger partial charge in [0.25, 0.3) is 0 Å². The quantitative estimate of drug-likeness (QED) is 0.463. The molecule has 1 aliphatic rings. The highest BCUT2D eigenvalue weighted by atomic mass is 32.2. The minimum atomic E-state index is -3.85. The fourth-order valence-electron chi connectivity index (χ4n) is 3.54. The SMILES string of the molecule is Cc1ccc(S(=O)(=O)N[C@H](Cc2ccc(C(=N)N)cc2)C(=O)N2CCCCC2)cc1. The third-order valence-corrected chi connectivity index (χ3v) is 6.79. The monoisotopic (exact) mass is 428 g/mol. The highest BCUT2D eigenvalue weighted by molar-refractivity contribution is 7.89. The lowest BCUT2D eigenvalue weighted by molar-refractivity contribution is -0.133. The van der Waals surface area contributed by atoms with E-state index in [-0.39, 0.29) is 23.1 Å². The van der Waals surface area contributed by atoms with Gasteiger partial charge in [-0.3, -0.25) is 10.2 Å². The summed E-state index contributed by atoms with van der Waals surface area (Å²) in [5.74, 6) is -0.247. The number of amides is 1. The van der Waals surface area contributed by atoms with E-state index in [0.29, 0.717) is 18.7 Å². The molecule has 0 spiro atoms. The Labute approximate surface area is 177 Å². The summed E-state index contributed by atoms with van der Waals surface area (Å²) < 4.78 is 28.5. The van der Waals surface area contributed by atoms with Crippen LogP contribution >= 0.6 is 0 Å². The molecule has 30 heavy (non-hydrogen) atoms. The van der Waals surface area contributed by atoms with Gasteiger partial charge in [0, 0.05) is 18.7 Å². The number of hydrogen-bond acceptors (Lipinski definition) is 4. The van der Waals surface area contributed by atoms with Gasteiger partial charge < -0.3 is 10.6 Å². The van der Waals surface area contributed by atoms with Crippen molar-refractivity contribution < 1.29 is 13.2 Å². The zero-order chi connectivity index (χ0) is 21.7. The normalized spacial score (nSPS) is 15.6. The Hall–Kier alpha value is -2.71. The topological polar surface area (TPSA) is 116 Å². The van der Waals surface area contributed by atoms with Crippen LogP contribution in [0.3, 0.4) is 0 Å². The number of benzene rings is 2. The third-order valence-electron chi connectivity index (χ3n) is 5.30. The Morgan fingerprint density at radius 2 is 1.67 bits per heavy atom. The molecule has 0 aromatic heterocycles. The zero-order valence-corrected chi connectivity index (χ0v) is 17.9. The molecule has 160 valence electrons. The number of carbonyl (C=O) groups excluding carboxylic acids is 1. The van der Waals surface area contributed by atoms with Gasteiger partial charge in [0.05, 0.1) is 4.90 Å². The highest BCUT2D eigenvalue weighted by Crippen LogP contribution is 2.16. The Bertz CT molecular complexity index is 996. The number of hydrogen-bond donors (Lipinski definition) is 3. The number of nitrogens with two attached hydrogens (primary N) is 1. The summed E-state index contributed by atoms with van der Waals surface area (Å²) in [4.78, 5) is 15.1. The summed E-state index contributed by atoms with van der Waals surface area (Å²) in [5, 5.41) is 7.50. The van der Waals surface area contributed by atoms with E-state index in [1.807, 2.05) is 6.92 Å². The fourth-order valence-corrected chi connectivity index (χ4v) is 4.73. The van der Waals surface area contributed by atoms with E-state index in [2.05, 4.69) is 4.72 Å². The van der Waals surface area contributed by atoms with E-state index in [1.54, 1.807) is 53.4 Å². The highest BCUT2D eigenvalue weighted by Gasteiger charge is 2.30. The summed E-state index contributed by atoms with van der Waals surface area (Å²) in [7, 11) is -3.85. The fraction of sp³-hybridized carbons (Fsp3) is 0.364. The van der Waals surface area contributed by atoms with Crippen molar-refractivity contribution in [3.63, 3.8) is 0 Å². The van der Waals surface area contributed by atoms with Gasteiger partial charge >= 0.3 is 0 Å². The number of piperidine rings is 1. The summed E-state index contributed by atoms with van der Waals surface area (Å²) >= 11 is 0. The molecule has 1 saturated heterocycles. The van der Waals surface area contributed by atoms with Crippen LogP contribution in [0.15, 0.2) is 53.4 Å². The van der Waals surface area contributed by atoms with E-state index < -0.39 is 16.1 Å². The third kappa shape index (κ3) is 5.46. The van der Waals surface area contributed by atoms with Gasteiger partial charge in [0.15, 0.2) is 0 Å². The van der Waals surface area contributed by atoms with Crippen LogP contribution in [0.1, 0.15) is 36.0 Å². The lowest BCUT2D eigenvalue weighted by Crippen LogP contribution is -2.50. The average molecular weight is 429 g/mol. The van der Waals surface area contributed by atoms with Gasteiger partial charge in [-0.15, -0.1) is 0 Å². The van der Waals surface area contributed by atoms with E-state index in [0.717, 1.165) is 30.4 Å². The molecular formula is C22H28N4O3S. The lowest BCUT2D eigenvalue weighted by Gasteiger charge is -2.30. The van der Waals surface area contributed by atoms with Crippen molar-refractivity contribution >= 4 is 21.8 Å². The maximum absolute atomic E-state index is 13.2. The first kappa shape index (κ1) is 22.0. The van der Waals surface area contributed by atoms with Crippen LogP contribution in [0.2, 0.25) is 0 Å². The van der Waals surface area contributed by atoms with Crippen molar-refractivity contribution in [2.45, 2.75) is 43.5 Å². The maximum Gasteiger partial charge on any atom is 0.241 e. The molecule has 0 aliphatic carbocycles. The lowest BCUT2D eigenvalue weighted by atomic mass is 10.0. The largest absolute Gasteiger partial charge is 0.384 e. The molecule has 8 heteroatoms. The predicted molar refractivity (Wildman–Crippen MR) is 117 cm³/mol. The standard InChI is InChI=1S/C22H28N4O3S/c1-16-5-11-19(12-6-16)30(28,29)25-20(22(27)26-13-3-2-4-14-26)15-17-7-9-18(10-8-17)21(23)24/h5-12,20,25H,2-4,13-15H2,1H3,(H3,23,24)/t20-/m1/s1. The predicted octanol–water partition coefficient (Wildman–Crippen LogP) is 2.18. The Balaban J connectivity index is 1.85. The maximum atomic E-state index is 13.2. The number of aryl methyl sites for hydroxylation is 1. The van der Waals surface area contributed by atoms with Crippen LogP contribution in [0.5, 0.6) is 0 Å². The van der Waals surface area contributed by atoms with E-state index in [1.165, 1.54) is 0 Å². The number of rotatable bonds is 7. The second-order valence-electron chi connectivity index (χ2n) is 7.69. The molecule has 1 amide bonds. The van der Waals surface area contributed by atoms with Crippen molar-refractivity contribution in [2.75, 3.05) is 13.1 Å². The van der Waals surface area contributed by atoms with Crippen molar-refractivity contribution in [1.29, 1.82) is 5.41 Å². The molecule has 0 saturated carbocycles. The second kappa shape index (κ2) is 9.40. The number of carbonyl (C=O) groups is 1. The van der Waals surface area contributed by atoms with Crippen LogP contribution < -0.4 is 10.5 Å². The van der Waals surface area contributed by atoms with Crippen LogP contribution in [0.25, 0.3) is 0 Å². The Kier molecular flexibility index (Phi) is 6.89. The number of sulfonamides is 1. The van der Waals surface area contributed by atoms with Crippen molar-refractivity contribution in [1.82, 2.24) is 9.62 Å². The molecule has 4 N–H and O–H groups in total. The summed E-state index contributed by atoms with van der Waals surface area (Å²) in [5.41, 5.74) is 7.83. The summed E-state index contributed by atoms with van der Waals surface area (Å²) in [6, 6.07) is 12.6. The summed E-state index contributed by atoms with van der Waals surface area (Å²) in [6.45, 7) is 3.17. The molecule has 0 unspecified atom stereocenters. The molecule has 2 aromatic carbocycles. The van der Waals surface area contributed by atoms with E-state index in [9.17, 15) is 13.2 Å². The van der Waals surface area contributed by atoms with Crippen LogP contribution in [0.4, 0.5) is 0 Å². The molecule has 0 bridgehead atoms. The molecule has 0 radical (unpaired) electrons. The van der Waals surface area contributed by atoms with E-state index >= 15 is 0 Å². The average Bonchev–Trinajstić information content (AvgIpc) is 2.74. The van der Waals surface area contributed by atoms with Crippen LogP contribution in [-0.2, 0) is 21.2 Å². The van der Waals surface area contributed by atoms with Gasteiger partial charge in [0.2, 0.25) is 15.9 Å².